The minimum atomic E-state index is -1.00. The van der Waals surface area contributed by atoms with Gasteiger partial charge in [0.2, 0.25) is 0 Å². The maximum absolute atomic E-state index is 13.7. The van der Waals surface area contributed by atoms with E-state index >= 15 is 0 Å². The third-order valence-corrected chi connectivity index (χ3v) is 2.97. The molecule has 0 aliphatic heterocycles. The van der Waals surface area contributed by atoms with Crippen molar-refractivity contribution in [2.24, 2.45) is 0 Å². The topological polar surface area (TPSA) is 54.5 Å². The van der Waals surface area contributed by atoms with Gasteiger partial charge in [-0.05, 0) is 24.3 Å². The van der Waals surface area contributed by atoms with Gasteiger partial charge in [-0.25, -0.2) is 13.5 Å². The van der Waals surface area contributed by atoms with Gasteiger partial charge in [-0.2, -0.15) is 5.26 Å². The molecule has 0 saturated heterocycles. The van der Waals surface area contributed by atoms with E-state index in [1.807, 2.05) is 6.07 Å². The van der Waals surface area contributed by atoms with Crippen LogP contribution < -0.4 is 0 Å². The summed E-state index contributed by atoms with van der Waals surface area (Å²) in [6, 6.07) is 12.8. The second kappa shape index (κ2) is 5.13. The van der Waals surface area contributed by atoms with Crippen LogP contribution in [0.2, 0.25) is 0 Å². The molecule has 3 aromatic rings. The Morgan fingerprint density at radius 2 is 1.95 bits per heavy atom. The fourth-order valence-electron chi connectivity index (χ4n) is 1.97. The Hall–Kier alpha value is -3.07. The number of halogens is 2. The first-order chi connectivity index (χ1) is 10.2. The molecule has 0 unspecified atom stereocenters. The number of fused-ring (bicyclic) bond motifs is 1. The Labute approximate surface area is 118 Å². The fraction of sp³-hybridized carbons (Fsp3) is 0. The predicted molar refractivity (Wildman–Crippen MR) is 73.7 cm³/mol. The molecule has 2 aromatic carbocycles. The van der Waals surface area contributed by atoms with Gasteiger partial charge >= 0.3 is 0 Å². The van der Waals surface area contributed by atoms with Gasteiger partial charge in [-0.15, -0.1) is 5.10 Å². The van der Waals surface area contributed by atoms with Crippen LogP contribution in [0.3, 0.4) is 0 Å². The zero-order valence-corrected chi connectivity index (χ0v) is 10.7. The summed E-state index contributed by atoms with van der Waals surface area (Å²) in [7, 11) is 0. The number of nitrogens with zero attached hydrogens (tertiary/aromatic N) is 4. The Morgan fingerprint density at radius 3 is 2.76 bits per heavy atom. The average molecular weight is 282 g/mol. The number of rotatable bonds is 2. The average Bonchev–Trinajstić information content (AvgIpc) is 2.93. The van der Waals surface area contributed by atoms with Gasteiger partial charge in [0.15, 0.2) is 11.6 Å². The van der Waals surface area contributed by atoms with E-state index in [2.05, 4.69) is 10.3 Å². The number of allylic oxidation sites excluding steroid dienone is 1. The quantitative estimate of drug-likeness (QED) is 0.678. The number of aromatic nitrogens is 3. The molecule has 0 saturated carbocycles. The molecule has 0 fully saturated rings. The highest BCUT2D eigenvalue weighted by Crippen LogP contribution is 2.19. The van der Waals surface area contributed by atoms with E-state index in [9.17, 15) is 14.0 Å². The minimum absolute atomic E-state index is 0.0221. The number of benzene rings is 2. The SMILES string of the molecule is N#C/C(=C\c1cccc(F)c1F)n1nnc2ccccc21. The summed E-state index contributed by atoms with van der Waals surface area (Å²) in [5.41, 5.74) is 1.25. The van der Waals surface area contributed by atoms with E-state index in [0.717, 1.165) is 6.07 Å². The lowest BCUT2D eigenvalue weighted by Crippen LogP contribution is -1.98. The van der Waals surface area contributed by atoms with Crippen LogP contribution in [0.1, 0.15) is 5.56 Å². The lowest BCUT2D eigenvalue weighted by Gasteiger charge is -2.01. The highest BCUT2D eigenvalue weighted by atomic mass is 19.2. The summed E-state index contributed by atoms with van der Waals surface area (Å²) >= 11 is 0. The summed E-state index contributed by atoms with van der Waals surface area (Å²) < 4.78 is 28.2. The summed E-state index contributed by atoms with van der Waals surface area (Å²) in [5.74, 6) is -1.97. The molecule has 1 heterocycles. The van der Waals surface area contributed by atoms with E-state index in [4.69, 9.17) is 0 Å². The van der Waals surface area contributed by atoms with Crippen molar-refractivity contribution in [1.82, 2.24) is 15.0 Å². The highest BCUT2D eigenvalue weighted by molar-refractivity contribution is 5.86. The van der Waals surface area contributed by atoms with E-state index in [0.29, 0.717) is 11.0 Å². The van der Waals surface area contributed by atoms with Crippen LogP contribution in [-0.4, -0.2) is 15.0 Å². The second-order valence-corrected chi connectivity index (χ2v) is 4.27. The van der Waals surface area contributed by atoms with Gasteiger partial charge in [0.25, 0.3) is 0 Å². The maximum Gasteiger partial charge on any atom is 0.166 e. The van der Waals surface area contributed by atoms with Crippen molar-refractivity contribution in [2.75, 3.05) is 0 Å². The molecule has 0 aliphatic rings. The molecule has 0 N–H and O–H groups in total. The number of hydrogen-bond donors (Lipinski definition) is 0. The van der Waals surface area contributed by atoms with E-state index in [1.165, 1.54) is 22.9 Å². The molecule has 3 rings (SSSR count). The van der Waals surface area contributed by atoms with Crippen molar-refractivity contribution < 1.29 is 8.78 Å². The van der Waals surface area contributed by atoms with Gasteiger partial charge < -0.3 is 0 Å². The largest absolute Gasteiger partial charge is 0.204 e. The molecule has 21 heavy (non-hydrogen) atoms. The molecule has 0 radical (unpaired) electrons. The van der Waals surface area contributed by atoms with Gasteiger partial charge in [-0.3, -0.25) is 0 Å². The van der Waals surface area contributed by atoms with Crippen LogP contribution in [-0.2, 0) is 0 Å². The molecule has 6 heteroatoms. The highest BCUT2D eigenvalue weighted by Gasteiger charge is 2.11. The van der Waals surface area contributed by atoms with Crippen molar-refractivity contribution in [3.63, 3.8) is 0 Å². The number of nitriles is 1. The maximum atomic E-state index is 13.7. The molecule has 102 valence electrons. The lowest BCUT2D eigenvalue weighted by molar-refractivity contribution is 0.507. The summed E-state index contributed by atoms with van der Waals surface area (Å²) in [6.45, 7) is 0. The second-order valence-electron chi connectivity index (χ2n) is 4.27. The van der Waals surface area contributed by atoms with Gasteiger partial charge in [-0.1, -0.05) is 29.5 Å². The third kappa shape index (κ3) is 2.25. The van der Waals surface area contributed by atoms with Gasteiger partial charge in [0.05, 0.1) is 5.52 Å². The van der Waals surface area contributed by atoms with Crippen molar-refractivity contribution in [2.45, 2.75) is 0 Å². The first-order valence-electron chi connectivity index (χ1n) is 6.07. The van der Waals surface area contributed by atoms with Crippen LogP contribution in [0.25, 0.3) is 22.8 Å². The summed E-state index contributed by atoms with van der Waals surface area (Å²) in [5, 5.41) is 17.1. The van der Waals surface area contributed by atoms with Crippen LogP contribution in [0.15, 0.2) is 42.5 Å². The van der Waals surface area contributed by atoms with Crippen molar-refractivity contribution >= 4 is 22.8 Å². The number of para-hydroxylation sites is 1. The van der Waals surface area contributed by atoms with Gasteiger partial charge in [0, 0.05) is 5.56 Å². The molecule has 4 nitrogen and oxygen atoms in total. The molecule has 0 bridgehead atoms. The third-order valence-electron chi connectivity index (χ3n) is 2.97. The molecule has 0 aliphatic carbocycles. The monoisotopic (exact) mass is 282 g/mol. The molecular formula is C15H8F2N4. The zero-order chi connectivity index (χ0) is 14.8. The molecular weight excluding hydrogens is 274 g/mol. The van der Waals surface area contributed by atoms with Crippen LogP contribution >= 0.6 is 0 Å². The molecule has 0 atom stereocenters. The molecule has 0 amide bonds. The van der Waals surface area contributed by atoms with Crippen LogP contribution in [0.5, 0.6) is 0 Å². The Bertz CT molecular complexity index is 890. The summed E-state index contributed by atoms with van der Waals surface area (Å²) in [4.78, 5) is 0. The standard InChI is InChI=1S/C15H8F2N4/c16-12-5-3-4-10(15(12)17)8-11(9-18)21-14-7-2-1-6-13(14)19-20-21/h1-8H/b11-8+. The Balaban J connectivity index is 2.17. The molecule has 0 spiro atoms. The first-order valence-corrected chi connectivity index (χ1v) is 6.07. The zero-order valence-electron chi connectivity index (χ0n) is 10.7. The van der Waals surface area contributed by atoms with Crippen molar-refractivity contribution in [3.8, 4) is 6.07 Å². The summed E-state index contributed by atoms with van der Waals surface area (Å²) in [6.07, 6.45) is 1.24. The van der Waals surface area contributed by atoms with Crippen molar-refractivity contribution in [3.05, 3.63) is 59.7 Å². The van der Waals surface area contributed by atoms with E-state index in [-0.39, 0.29) is 11.3 Å². The normalized spacial score (nSPS) is 11.6. The minimum Gasteiger partial charge on any atom is -0.204 e. The van der Waals surface area contributed by atoms with Crippen molar-refractivity contribution in [1.29, 1.82) is 5.26 Å². The molecule has 1 aromatic heterocycles. The fourth-order valence-corrected chi connectivity index (χ4v) is 1.97. The van der Waals surface area contributed by atoms with Crippen LogP contribution in [0, 0.1) is 23.0 Å². The van der Waals surface area contributed by atoms with E-state index < -0.39 is 11.6 Å². The number of hydrogen-bond acceptors (Lipinski definition) is 3. The van der Waals surface area contributed by atoms with Gasteiger partial charge in [0.1, 0.15) is 17.3 Å². The smallest absolute Gasteiger partial charge is 0.166 e. The first kappa shape index (κ1) is 12.9. The predicted octanol–water partition coefficient (Wildman–Crippen LogP) is 3.23. The Morgan fingerprint density at radius 1 is 1.14 bits per heavy atom. The van der Waals surface area contributed by atoms with E-state index in [1.54, 1.807) is 24.3 Å². The lowest BCUT2D eigenvalue weighted by atomic mass is 10.1. The Kier molecular flexibility index (Phi) is 3.16. The van der Waals surface area contributed by atoms with Crippen LogP contribution in [0.4, 0.5) is 8.78 Å².